The van der Waals surface area contributed by atoms with Crippen molar-refractivity contribution in [1.82, 2.24) is 9.97 Å². The SMILES string of the molecule is Cc1cc(F)ccc1NC(=O)c1c(C)sc2ncnc(N3CCCCCC3)c12. The number of nitrogens with zero attached hydrogens (tertiary/aromatic N) is 3. The maximum Gasteiger partial charge on any atom is 0.257 e. The first-order valence-corrected chi connectivity index (χ1v) is 10.4. The molecule has 1 aliphatic rings. The number of hydrogen-bond acceptors (Lipinski definition) is 5. The molecule has 0 aliphatic carbocycles. The highest BCUT2D eigenvalue weighted by Gasteiger charge is 2.24. The van der Waals surface area contributed by atoms with Crippen molar-refractivity contribution in [2.24, 2.45) is 0 Å². The molecular formula is C21H23FN4OS. The number of benzene rings is 1. The summed E-state index contributed by atoms with van der Waals surface area (Å²) in [6, 6.07) is 4.37. The average Bonchev–Trinajstić information content (AvgIpc) is 2.82. The third-order valence-electron chi connectivity index (χ3n) is 5.21. The van der Waals surface area contributed by atoms with E-state index >= 15 is 0 Å². The molecule has 1 aliphatic heterocycles. The summed E-state index contributed by atoms with van der Waals surface area (Å²) in [4.78, 5) is 26.2. The van der Waals surface area contributed by atoms with E-state index in [4.69, 9.17) is 0 Å². The highest BCUT2D eigenvalue weighted by Crippen LogP contribution is 2.36. The molecule has 28 heavy (non-hydrogen) atoms. The summed E-state index contributed by atoms with van der Waals surface area (Å²) in [6.07, 6.45) is 6.30. The van der Waals surface area contributed by atoms with E-state index in [0.717, 1.165) is 46.8 Å². The summed E-state index contributed by atoms with van der Waals surface area (Å²) in [5, 5.41) is 3.77. The molecular weight excluding hydrogens is 375 g/mol. The van der Waals surface area contributed by atoms with Gasteiger partial charge in [0.1, 0.15) is 22.8 Å². The summed E-state index contributed by atoms with van der Waals surface area (Å²) in [7, 11) is 0. The number of nitrogens with one attached hydrogen (secondary N) is 1. The Balaban J connectivity index is 1.75. The number of fused-ring (bicyclic) bond motifs is 1. The lowest BCUT2D eigenvalue weighted by molar-refractivity contribution is 0.102. The number of thiophene rings is 1. The Kier molecular flexibility index (Phi) is 5.26. The Labute approximate surface area is 167 Å². The lowest BCUT2D eigenvalue weighted by atomic mass is 10.1. The minimum absolute atomic E-state index is 0.204. The van der Waals surface area contributed by atoms with Crippen LogP contribution < -0.4 is 10.2 Å². The molecule has 1 N–H and O–H groups in total. The number of halogens is 1. The second kappa shape index (κ2) is 7.83. The van der Waals surface area contributed by atoms with E-state index in [-0.39, 0.29) is 11.7 Å². The zero-order valence-corrected chi connectivity index (χ0v) is 16.9. The number of aryl methyl sites for hydroxylation is 2. The summed E-state index contributed by atoms with van der Waals surface area (Å²) in [5.41, 5.74) is 1.91. The van der Waals surface area contributed by atoms with Crippen LogP contribution in [0.15, 0.2) is 24.5 Å². The van der Waals surface area contributed by atoms with Crippen molar-refractivity contribution >= 4 is 39.0 Å². The van der Waals surface area contributed by atoms with E-state index in [1.54, 1.807) is 19.3 Å². The Morgan fingerprint density at radius 1 is 1.14 bits per heavy atom. The van der Waals surface area contributed by atoms with Gasteiger partial charge in [0, 0.05) is 23.7 Å². The number of rotatable bonds is 3. The topological polar surface area (TPSA) is 58.1 Å². The van der Waals surface area contributed by atoms with E-state index in [9.17, 15) is 9.18 Å². The summed E-state index contributed by atoms with van der Waals surface area (Å²) >= 11 is 1.51. The average molecular weight is 399 g/mol. The van der Waals surface area contributed by atoms with Gasteiger partial charge in [-0.1, -0.05) is 12.8 Å². The smallest absolute Gasteiger partial charge is 0.257 e. The van der Waals surface area contributed by atoms with Crippen molar-refractivity contribution in [3.8, 4) is 0 Å². The molecule has 0 unspecified atom stereocenters. The number of carbonyl (C=O) groups excluding carboxylic acids is 1. The van der Waals surface area contributed by atoms with Gasteiger partial charge < -0.3 is 10.2 Å². The van der Waals surface area contributed by atoms with Gasteiger partial charge in [-0.05, 0) is 50.5 Å². The fraction of sp³-hybridized carbons (Fsp3) is 0.381. The van der Waals surface area contributed by atoms with Gasteiger partial charge >= 0.3 is 0 Å². The molecule has 1 amide bonds. The van der Waals surface area contributed by atoms with Crippen LogP contribution in [0.2, 0.25) is 0 Å². The molecule has 0 atom stereocenters. The molecule has 0 radical (unpaired) electrons. The summed E-state index contributed by atoms with van der Waals surface area (Å²) < 4.78 is 13.4. The predicted octanol–water partition coefficient (Wildman–Crippen LogP) is 5.08. The van der Waals surface area contributed by atoms with Crippen molar-refractivity contribution in [2.45, 2.75) is 39.5 Å². The summed E-state index contributed by atoms with van der Waals surface area (Å²) in [6.45, 7) is 5.60. The zero-order valence-electron chi connectivity index (χ0n) is 16.1. The van der Waals surface area contributed by atoms with Crippen LogP contribution in [-0.4, -0.2) is 29.0 Å². The molecule has 1 aromatic carbocycles. The fourth-order valence-electron chi connectivity index (χ4n) is 3.78. The van der Waals surface area contributed by atoms with Gasteiger partial charge in [0.25, 0.3) is 5.91 Å². The van der Waals surface area contributed by atoms with Gasteiger partial charge in [-0.25, -0.2) is 14.4 Å². The maximum atomic E-state index is 13.4. The molecule has 0 bridgehead atoms. The predicted molar refractivity (Wildman–Crippen MR) is 112 cm³/mol. The lowest BCUT2D eigenvalue weighted by Crippen LogP contribution is -2.25. The molecule has 5 nitrogen and oxygen atoms in total. The maximum absolute atomic E-state index is 13.4. The van der Waals surface area contributed by atoms with Crippen LogP contribution in [0.5, 0.6) is 0 Å². The highest BCUT2D eigenvalue weighted by molar-refractivity contribution is 7.19. The second-order valence-electron chi connectivity index (χ2n) is 7.23. The van der Waals surface area contributed by atoms with Gasteiger partial charge in [0.15, 0.2) is 0 Å². The van der Waals surface area contributed by atoms with Gasteiger partial charge in [0.2, 0.25) is 0 Å². The van der Waals surface area contributed by atoms with Crippen LogP contribution in [0.3, 0.4) is 0 Å². The number of aromatic nitrogens is 2. The van der Waals surface area contributed by atoms with Crippen LogP contribution in [0.4, 0.5) is 15.9 Å². The standard InChI is InChI=1S/C21H23FN4OS/c1-13-11-15(22)7-8-16(13)25-20(27)17-14(2)28-21-18(17)19(23-12-24-21)26-9-5-3-4-6-10-26/h7-8,11-12H,3-6,9-10H2,1-2H3,(H,25,27). The molecule has 3 heterocycles. The van der Waals surface area contributed by atoms with E-state index in [2.05, 4.69) is 20.2 Å². The van der Waals surface area contributed by atoms with Gasteiger partial charge in [-0.3, -0.25) is 4.79 Å². The number of hydrogen-bond donors (Lipinski definition) is 1. The lowest BCUT2D eigenvalue weighted by Gasteiger charge is -2.22. The molecule has 7 heteroatoms. The number of amides is 1. The van der Waals surface area contributed by atoms with Crippen LogP contribution in [0.1, 0.15) is 46.5 Å². The molecule has 1 saturated heterocycles. The normalized spacial score (nSPS) is 14.9. The fourth-order valence-corrected chi connectivity index (χ4v) is 4.76. The van der Waals surface area contributed by atoms with Crippen LogP contribution in [-0.2, 0) is 0 Å². The van der Waals surface area contributed by atoms with E-state index < -0.39 is 0 Å². The zero-order chi connectivity index (χ0) is 19.7. The van der Waals surface area contributed by atoms with Crippen LogP contribution >= 0.6 is 11.3 Å². The van der Waals surface area contributed by atoms with Gasteiger partial charge in [-0.15, -0.1) is 11.3 Å². The van der Waals surface area contributed by atoms with E-state index in [1.807, 2.05) is 6.92 Å². The Bertz CT molecular complexity index is 1020. The largest absolute Gasteiger partial charge is 0.356 e. The third kappa shape index (κ3) is 3.58. The van der Waals surface area contributed by atoms with Crippen molar-refractivity contribution in [3.05, 3.63) is 46.3 Å². The summed E-state index contributed by atoms with van der Waals surface area (Å²) in [5.74, 6) is 0.325. The molecule has 1 fully saturated rings. The Morgan fingerprint density at radius 3 is 2.61 bits per heavy atom. The monoisotopic (exact) mass is 398 g/mol. The first-order valence-electron chi connectivity index (χ1n) is 9.61. The van der Waals surface area contributed by atoms with E-state index in [1.165, 1.54) is 36.3 Å². The third-order valence-corrected chi connectivity index (χ3v) is 6.23. The van der Waals surface area contributed by atoms with Crippen LogP contribution in [0.25, 0.3) is 10.2 Å². The Morgan fingerprint density at radius 2 is 1.89 bits per heavy atom. The van der Waals surface area contributed by atoms with Crippen molar-refractivity contribution in [3.63, 3.8) is 0 Å². The van der Waals surface area contributed by atoms with Crippen molar-refractivity contribution in [2.75, 3.05) is 23.3 Å². The van der Waals surface area contributed by atoms with Gasteiger partial charge in [-0.2, -0.15) is 0 Å². The van der Waals surface area contributed by atoms with E-state index in [0.29, 0.717) is 16.8 Å². The van der Waals surface area contributed by atoms with Crippen LogP contribution in [0, 0.1) is 19.7 Å². The molecule has 0 spiro atoms. The molecule has 0 saturated carbocycles. The first-order chi connectivity index (χ1) is 13.5. The minimum atomic E-state index is -0.315. The quantitative estimate of drug-likeness (QED) is 0.668. The number of carbonyl (C=O) groups is 1. The van der Waals surface area contributed by atoms with Crippen molar-refractivity contribution < 1.29 is 9.18 Å². The Hall–Kier alpha value is -2.54. The molecule has 4 rings (SSSR count). The van der Waals surface area contributed by atoms with Crippen molar-refractivity contribution in [1.29, 1.82) is 0 Å². The number of anilines is 2. The molecule has 2 aromatic heterocycles. The first kappa shape index (κ1) is 18.8. The molecule has 146 valence electrons. The highest BCUT2D eigenvalue weighted by atomic mass is 32.1. The molecule has 3 aromatic rings. The van der Waals surface area contributed by atoms with Gasteiger partial charge in [0.05, 0.1) is 10.9 Å². The minimum Gasteiger partial charge on any atom is -0.356 e. The second-order valence-corrected chi connectivity index (χ2v) is 8.43.